The van der Waals surface area contributed by atoms with Crippen molar-refractivity contribution in [2.45, 2.75) is 19.5 Å². The minimum Gasteiger partial charge on any atom is -0.340 e. The molecule has 0 N–H and O–H groups in total. The Hall–Kier alpha value is -2.58. The zero-order chi connectivity index (χ0) is 18.4. The zero-order valence-corrected chi connectivity index (χ0v) is 14.8. The molecule has 0 aliphatic carbocycles. The van der Waals surface area contributed by atoms with Crippen molar-refractivity contribution in [2.75, 3.05) is 26.2 Å². The lowest BCUT2D eigenvalue weighted by atomic mass is 10.0. The highest BCUT2D eigenvalue weighted by Gasteiger charge is 2.43. The first-order valence-electron chi connectivity index (χ1n) is 8.83. The summed E-state index contributed by atoms with van der Waals surface area (Å²) < 4.78 is 15.4. The van der Waals surface area contributed by atoms with Gasteiger partial charge in [-0.2, -0.15) is 10.1 Å². The highest BCUT2D eigenvalue weighted by Crippen LogP contribution is 2.32. The third kappa shape index (κ3) is 2.81. The van der Waals surface area contributed by atoms with Crippen molar-refractivity contribution in [3.8, 4) is 0 Å². The van der Waals surface area contributed by atoms with E-state index in [9.17, 15) is 14.0 Å². The molecule has 1 aromatic heterocycles. The molecule has 3 aliphatic heterocycles. The number of hydrogen-bond acceptors (Lipinski definition) is 5. The van der Waals surface area contributed by atoms with Crippen LogP contribution in [0.1, 0.15) is 23.7 Å². The van der Waals surface area contributed by atoms with Crippen molar-refractivity contribution in [3.05, 3.63) is 18.0 Å². The van der Waals surface area contributed by atoms with Gasteiger partial charge in [0.2, 0.25) is 12.1 Å². The lowest BCUT2D eigenvalue weighted by molar-refractivity contribution is -0.120. The highest BCUT2D eigenvalue weighted by molar-refractivity contribution is 6.17. The van der Waals surface area contributed by atoms with Crippen molar-refractivity contribution in [1.29, 1.82) is 0 Å². The topological polar surface area (TPSA) is 83.2 Å². The molecule has 2 saturated heterocycles. The molecular weight excluding hydrogens is 339 g/mol. The van der Waals surface area contributed by atoms with Crippen molar-refractivity contribution < 1.29 is 14.0 Å². The van der Waals surface area contributed by atoms with Crippen LogP contribution in [0.3, 0.4) is 0 Å². The molecule has 2 fully saturated rings. The van der Waals surface area contributed by atoms with Crippen molar-refractivity contribution in [3.63, 3.8) is 0 Å². The van der Waals surface area contributed by atoms with Gasteiger partial charge in [-0.1, -0.05) is 6.92 Å². The summed E-state index contributed by atoms with van der Waals surface area (Å²) in [6, 6.07) is 0. The van der Waals surface area contributed by atoms with Gasteiger partial charge >= 0.3 is 0 Å². The number of nitrogens with zero attached hydrogens (tertiary/aromatic N) is 6. The van der Waals surface area contributed by atoms with Crippen LogP contribution in [-0.2, 0) is 11.8 Å². The lowest BCUT2D eigenvalue weighted by Crippen LogP contribution is -2.39. The monoisotopic (exact) mass is 360 g/mol. The first-order chi connectivity index (χ1) is 12.5. The van der Waals surface area contributed by atoms with Gasteiger partial charge in [-0.25, -0.2) is 9.38 Å². The molecule has 4 rings (SSSR count). The predicted octanol–water partition coefficient (Wildman–Crippen LogP) is 0.509. The maximum Gasteiger partial charge on any atom is 0.289 e. The summed E-state index contributed by atoms with van der Waals surface area (Å²) >= 11 is 0. The molecule has 138 valence electrons. The molecule has 8 nitrogen and oxygen atoms in total. The number of carbonyl (C=O) groups is 2. The fourth-order valence-corrected chi connectivity index (χ4v) is 3.94. The standard InChI is InChI=1S/C17H21FN6O2/c1-3-13-14(18)15(25)21-17(20-13)24-8-11-6-23(7-12(11)9-24)16(26)10-4-19-22(2)5-10/h4-5,11-12,14H,3,6-9H2,1-2H3. The van der Waals surface area contributed by atoms with Gasteiger partial charge in [-0.05, 0) is 6.42 Å². The summed E-state index contributed by atoms with van der Waals surface area (Å²) in [6.07, 6.45) is 1.98. The zero-order valence-electron chi connectivity index (χ0n) is 14.8. The Morgan fingerprint density at radius 3 is 2.50 bits per heavy atom. The Morgan fingerprint density at radius 2 is 1.92 bits per heavy atom. The van der Waals surface area contributed by atoms with Crippen LogP contribution in [0.5, 0.6) is 0 Å². The second-order valence-electron chi connectivity index (χ2n) is 7.11. The maximum absolute atomic E-state index is 13.8. The van der Waals surface area contributed by atoms with Crippen molar-refractivity contribution >= 4 is 23.5 Å². The van der Waals surface area contributed by atoms with Crippen LogP contribution in [0.2, 0.25) is 0 Å². The van der Waals surface area contributed by atoms with E-state index in [4.69, 9.17) is 0 Å². The second-order valence-corrected chi connectivity index (χ2v) is 7.11. The number of amides is 2. The van der Waals surface area contributed by atoms with E-state index in [0.29, 0.717) is 56.0 Å². The van der Waals surface area contributed by atoms with E-state index in [0.717, 1.165) is 0 Å². The fraction of sp³-hybridized carbons (Fsp3) is 0.588. The molecule has 3 aliphatic rings. The Kier molecular flexibility index (Phi) is 4.08. The summed E-state index contributed by atoms with van der Waals surface area (Å²) in [4.78, 5) is 36.2. The van der Waals surface area contributed by atoms with Crippen LogP contribution in [0.25, 0.3) is 0 Å². The molecular formula is C17H21FN6O2. The Bertz CT molecular complexity index is 802. The molecule has 0 saturated carbocycles. The van der Waals surface area contributed by atoms with Gasteiger partial charge in [0.1, 0.15) is 0 Å². The third-order valence-corrected chi connectivity index (χ3v) is 5.33. The van der Waals surface area contributed by atoms with Gasteiger partial charge in [0, 0.05) is 51.3 Å². The molecule has 9 heteroatoms. The van der Waals surface area contributed by atoms with Gasteiger partial charge in [0.25, 0.3) is 11.8 Å². The third-order valence-electron chi connectivity index (χ3n) is 5.33. The average Bonchev–Trinajstić information content (AvgIpc) is 3.30. The number of rotatable bonds is 2. The van der Waals surface area contributed by atoms with Crippen LogP contribution >= 0.6 is 0 Å². The van der Waals surface area contributed by atoms with Gasteiger partial charge in [-0.15, -0.1) is 0 Å². The van der Waals surface area contributed by atoms with E-state index in [2.05, 4.69) is 15.1 Å². The maximum atomic E-state index is 13.8. The lowest BCUT2D eigenvalue weighted by Gasteiger charge is -2.24. The van der Waals surface area contributed by atoms with E-state index in [1.54, 1.807) is 31.0 Å². The van der Waals surface area contributed by atoms with Crippen LogP contribution in [0, 0.1) is 11.8 Å². The Morgan fingerprint density at radius 1 is 1.23 bits per heavy atom. The fourth-order valence-electron chi connectivity index (χ4n) is 3.94. The van der Waals surface area contributed by atoms with Crippen LogP contribution < -0.4 is 0 Å². The first kappa shape index (κ1) is 16.9. The molecule has 3 unspecified atom stereocenters. The van der Waals surface area contributed by atoms with E-state index in [-0.39, 0.29) is 11.6 Å². The van der Waals surface area contributed by atoms with Gasteiger partial charge in [0.15, 0.2) is 0 Å². The second kappa shape index (κ2) is 6.30. The number of guanidine groups is 1. The average molecular weight is 360 g/mol. The Labute approximate surface area is 150 Å². The Balaban J connectivity index is 1.42. The molecule has 0 spiro atoms. The summed E-state index contributed by atoms with van der Waals surface area (Å²) in [6.45, 7) is 4.44. The molecule has 0 bridgehead atoms. The van der Waals surface area contributed by atoms with Crippen molar-refractivity contribution in [2.24, 2.45) is 28.9 Å². The number of aromatic nitrogens is 2. The molecule has 4 heterocycles. The summed E-state index contributed by atoms with van der Waals surface area (Å²) in [7, 11) is 1.78. The predicted molar refractivity (Wildman–Crippen MR) is 92.7 cm³/mol. The SMILES string of the molecule is CCC1=NC(N2CC3CN(C(=O)c4cnn(C)c4)CC3C2)=NC(=O)C1F. The number of aliphatic imine (C=N–C) groups is 2. The van der Waals surface area contributed by atoms with Gasteiger partial charge in [-0.3, -0.25) is 14.3 Å². The number of hydrogen-bond donors (Lipinski definition) is 0. The van der Waals surface area contributed by atoms with E-state index < -0.39 is 12.1 Å². The van der Waals surface area contributed by atoms with E-state index >= 15 is 0 Å². The molecule has 1 aromatic rings. The van der Waals surface area contributed by atoms with Gasteiger partial charge in [0.05, 0.1) is 17.5 Å². The van der Waals surface area contributed by atoms with E-state index in [1.165, 1.54) is 0 Å². The number of alkyl halides is 1. The van der Waals surface area contributed by atoms with Gasteiger partial charge < -0.3 is 9.80 Å². The number of halogens is 1. The number of fused-ring (bicyclic) bond motifs is 1. The quantitative estimate of drug-likeness (QED) is 0.769. The highest BCUT2D eigenvalue weighted by atomic mass is 19.1. The summed E-state index contributed by atoms with van der Waals surface area (Å²) in [5.74, 6) is 0.155. The molecule has 0 radical (unpaired) electrons. The smallest absolute Gasteiger partial charge is 0.289 e. The van der Waals surface area contributed by atoms with E-state index in [1.807, 2.05) is 9.80 Å². The molecule has 0 aromatic carbocycles. The minimum atomic E-state index is -1.71. The van der Waals surface area contributed by atoms with Crippen LogP contribution in [-0.4, -0.2) is 75.4 Å². The first-order valence-corrected chi connectivity index (χ1v) is 8.83. The summed E-state index contributed by atoms with van der Waals surface area (Å²) in [5.41, 5.74) is 0.836. The number of carbonyl (C=O) groups excluding carboxylic acids is 2. The number of aryl methyl sites for hydroxylation is 1. The summed E-state index contributed by atoms with van der Waals surface area (Å²) in [5, 5.41) is 4.05. The van der Waals surface area contributed by atoms with Crippen LogP contribution in [0.15, 0.2) is 22.4 Å². The van der Waals surface area contributed by atoms with Crippen molar-refractivity contribution in [1.82, 2.24) is 19.6 Å². The molecule has 26 heavy (non-hydrogen) atoms. The normalized spacial score (nSPS) is 28.3. The largest absolute Gasteiger partial charge is 0.340 e. The van der Waals surface area contributed by atoms with Crippen LogP contribution in [0.4, 0.5) is 4.39 Å². The molecule has 3 atom stereocenters. The number of likely N-dealkylation sites (tertiary alicyclic amines) is 2. The minimum absolute atomic E-state index is 0.00389. The molecule has 2 amide bonds.